The van der Waals surface area contributed by atoms with Gasteiger partial charge in [0.1, 0.15) is 11.6 Å². The van der Waals surface area contributed by atoms with E-state index in [1.807, 2.05) is 58.3 Å². The first-order valence-corrected chi connectivity index (χ1v) is 10.1. The maximum absolute atomic E-state index is 13.4. The van der Waals surface area contributed by atoms with E-state index in [0.717, 1.165) is 30.5 Å². The van der Waals surface area contributed by atoms with Crippen LogP contribution >= 0.6 is 0 Å². The smallest absolute Gasteiger partial charge is 0.256 e. The Kier molecular flexibility index (Phi) is 5.94. The third-order valence-electron chi connectivity index (χ3n) is 5.42. The van der Waals surface area contributed by atoms with Gasteiger partial charge in [-0.15, -0.1) is 0 Å². The van der Waals surface area contributed by atoms with Crippen molar-refractivity contribution in [3.63, 3.8) is 0 Å². The Balaban J connectivity index is 1.43. The van der Waals surface area contributed by atoms with Crippen molar-refractivity contribution in [2.24, 2.45) is 0 Å². The highest BCUT2D eigenvalue weighted by atomic mass is 19.1. The van der Waals surface area contributed by atoms with Crippen LogP contribution in [0.3, 0.4) is 0 Å². The van der Waals surface area contributed by atoms with Crippen LogP contribution in [-0.4, -0.2) is 34.6 Å². The van der Waals surface area contributed by atoms with Gasteiger partial charge in [0.2, 0.25) is 0 Å². The lowest BCUT2D eigenvalue weighted by Crippen LogP contribution is -2.45. The second-order valence-corrected chi connectivity index (χ2v) is 7.35. The van der Waals surface area contributed by atoms with E-state index in [-0.39, 0.29) is 11.7 Å². The van der Waals surface area contributed by atoms with Gasteiger partial charge < -0.3 is 14.2 Å². The molecule has 29 heavy (non-hydrogen) atoms. The molecule has 1 aromatic heterocycles. The van der Waals surface area contributed by atoms with Crippen molar-refractivity contribution < 1.29 is 13.9 Å². The summed E-state index contributed by atoms with van der Waals surface area (Å²) in [7, 11) is 0. The quantitative estimate of drug-likeness (QED) is 0.501. The molecule has 0 saturated heterocycles. The van der Waals surface area contributed by atoms with Crippen molar-refractivity contribution in [2.45, 2.75) is 31.7 Å². The predicted molar refractivity (Wildman–Crippen MR) is 111 cm³/mol. The fourth-order valence-electron chi connectivity index (χ4n) is 3.63. The van der Waals surface area contributed by atoms with E-state index in [1.165, 1.54) is 18.6 Å². The molecule has 0 radical (unpaired) electrons. The van der Waals surface area contributed by atoms with Crippen molar-refractivity contribution in [1.29, 1.82) is 0 Å². The van der Waals surface area contributed by atoms with Crippen molar-refractivity contribution in [2.75, 3.05) is 13.2 Å². The van der Waals surface area contributed by atoms with Gasteiger partial charge in [-0.05, 0) is 74.2 Å². The molecule has 1 fully saturated rings. The zero-order valence-corrected chi connectivity index (χ0v) is 16.3. The standard InChI is InChI=1S/C24H25FN2O2/c25-19-11-13-21(14-12-19)29-18-6-17-27(20-7-5-8-20)24(28)22-9-1-2-10-23(22)26-15-3-4-16-26/h1-4,9-16,20H,5-8,17-18H2. The van der Waals surface area contributed by atoms with E-state index in [0.29, 0.717) is 24.9 Å². The first-order chi connectivity index (χ1) is 14.2. The van der Waals surface area contributed by atoms with Crippen molar-refractivity contribution in [3.8, 4) is 11.4 Å². The largest absolute Gasteiger partial charge is 0.494 e. The summed E-state index contributed by atoms with van der Waals surface area (Å²) in [5.74, 6) is 0.437. The Labute approximate surface area is 170 Å². The number of hydrogen-bond acceptors (Lipinski definition) is 2. The number of aromatic nitrogens is 1. The highest BCUT2D eigenvalue weighted by Crippen LogP contribution is 2.28. The van der Waals surface area contributed by atoms with Gasteiger partial charge in [0.05, 0.1) is 17.9 Å². The summed E-state index contributed by atoms with van der Waals surface area (Å²) >= 11 is 0. The molecule has 1 aliphatic rings. The molecule has 4 rings (SSSR count). The van der Waals surface area contributed by atoms with Crippen LogP contribution in [0.15, 0.2) is 73.1 Å². The normalized spacial score (nSPS) is 13.7. The molecule has 0 atom stereocenters. The number of nitrogens with zero attached hydrogens (tertiary/aromatic N) is 2. The zero-order chi connectivity index (χ0) is 20.1. The molecule has 0 aliphatic heterocycles. The van der Waals surface area contributed by atoms with Gasteiger partial charge in [0.15, 0.2) is 0 Å². The molecule has 2 aromatic carbocycles. The summed E-state index contributed by atoms with van der Waals surface area (Å²) < 4.78 is 20.7. The second-order valence-electron chi connectivity index (χ2n) is 7.35. The van der Waals surface area contributed by atoms with Gasteiger partial charge >= 0.3 is 0 Å². The minimum atomic E-state index is -0.277. The number of carbonyl (C=O) groups excluding carboxylic acids is 1. The summed E-state index contributed by atoms with van der Waals surface area (Å²) in [6, 6.07) is 18.0. The Morgan fingerprint density at radius 2 is 1.76 bits per heavy atom. The van der Waals surface area contributed by atoms with E-state index in [9.17, 15) is 9.18 Å². The lowest BCUT2D eigenvalue weighted by atomic mass is 9.90. The number of benzene rings is 2. The maximum Gasteiger partial charge on any atom is 0.256 e. The summed E-state index contributed by atoms with van der Waals surface area (Å²) in [6.07, 6.45) is 7.91. The molecule has 4 nitrogen and oxygen atoms in total. The lowest BCUT2D eigenvalue weighted by Gasteiger charge is -2.38. The molecule has 5 heteroatoms. The fraction of sp³-hybridized carbons (Fsp3) is 0.292. The zero-order valence-electron chi connectivity index (χ0n) is 16.3. The number of halogens is 1. The molecule has 1 saturated carbocycles. The fourth-order valence-corrected chi connectivity index (χ4v) is 3.63. The molecule has 1 heterocycles. The Bertz CT molecular complexity index is 934. The number of carbonyl (C=O) groups is 1. The molecule has 0 N–H and O–H groups in total. The third kappa shape index (κ3) is 4.50. The van der Waals surface area contributed by atoms with Gasteiger partial charge in [-0.2, -0.15) is 0 Å². The molecule has 0 bridgehead atoms. The van der Waals surface area contributed by atoms with Crippen LogP contribution in [0.2, 0.25) is 0 Å². The molecule has 1 aliphatic carbocycles. The van der Waals surface area contributed by atoms with E-state index >= 15 is 0 Å². The summed E-state index contributed by atoms with van der Waals surface area (Å²) in [5, 5.41) is 0. The van der Waals surface area contributed by atoms with Gasteiger partial charge in [-0.3, -0.25) is 4.79 Å². The van der Waals surface area contributed by atoms with E-state index in [2.05, 4.69) is 0 Å². The molecule has 0 spiro atoms. The maximum atomic E-state index is 13.4. The Morgan fingerprint density at radius 1 is 1.03 bits per heavy atom. The van der Waals surface area contributed by atoms with Gasteiger partial charge in [0.25, 0.3) is 5.91 Å². The third-order valence-corrected chi connectivity index (χ3v) is 5.42. The minimum Gasteiger partial charge on any atom is -0.494 e. The molecule has 0 unspecified atom stereocenters. The molecule has 1 amide bonds. The summed E-state index contributed by atoms with van der Waals surface area (Å²) in [6.45, 7) is 1.13. The SMILES string of the molecule is O=C(c1ccccc1-n1cccc1)N(CCCOc1ccc(F)cc1)C1CCC1. The molecular weight excluding hydrogens is 367 g/mol. The summed E-state index contributed by atoms with van der Waals surface area (Å²) in [4.78, 5) is 15.4. The Morgan fingerprint density at radius 3 is 2.45 bits per heavy atom. The highest BCUT2D eigenvalue weighted by molar-refractivity contribution is 5.98. The average molecular weight is 392 g/mol. The number of hydrogen-bond donors (Lipinski definition) is 0. The first kappa shape index (κ1) is 19.2. The lowest BCUT2D eigenvalue weighted by molar-refractivity contribution is 0.0565. The van der Waals surface area contributed by atoms with Crippen LogP contribution in [0.4, 0.5) is 4.39 Å². The van der Waals surface area contributed by atoms with E-state index in [1.54, 1.807) is 12.1 Å². The molecular formula is C24H25FN2O2. The van der Waals surface area contributed by atoms with Crippen molar-refractivity contribution >= 4 is 5.91 Å². The predicted octanol–water partition coefficient (Wildman–Crippen LogP) is 5.08. The molecule has 3 aromatic rings. The second kappa shape index (κ2) is 8.95. The van der Waals surface area contributed by atoms with E-state index < -0.39 is 0 Å². The van der Waals surface area contributed by atoms with Gasteiger partial charge in [-0.25, -0.2) is 4.39 Å². The highest BCUT2D eigenvalue weighted by Gasteiger charge is 2.30. The van der Waals surface area contributed by atoms with Crippen LogP contribution in [-0.2, 0) is 0 Å². The van der Waals surface area contributed by atoms with Crippen molar-refractivity contribution in [1.82, 2.24) is 9.47 Å². The minimum absolute atomic E-state index is 0.0702. The van der Waals surface area contributed by atoms with Crippen LogP contribution in [0.5, 0.6) is 5.75 Å². The monoisotopic (exact) mass is 392 g/mol. The number of rotatable bonds is 8. The number of amides is 1. The topological polar surface area (TPSA) is 34.5 Å². The van der Waals surface area contributed by atoms with Crippen LogP contribution in [0.25, 0.3) is 5.69 Å². The average Bonchev–Trinajstić information content (AvgIpc) is 3.24. The van der Waals surface area contributed by atoms with Crippen LogP contribution < -0.4 is 4.74 Å². The van der Waals surface area contributed by atoms with Crippen LogP contribution in [0.1, 0.15) is 36.0 Å². The molecule has 150 valence electrons. The van der Waals surface area contributed by atoms with Crippen molar-refractivity contribution in [3.05, 3.63) is 84.4 Å². The van der Waals surface area contributed by atoms with Gasteiger partial charge in [0, 0.05) is 25.0 Å². The first-order valence-electron chi connectivity index (χ1n) is 10.1. The summed E-state index contributed by atoms with van der Waals surface area (Å²) in [5.41, 5.74) is 1.62. The Hall–Kier alpha value is -3.08. The van der Waals surface area contributed by atoms with E-state index in [4.69, 9.17) is 4.74 Å². The van der Waals surface area contributed by atoms with Crippen LogP contribution in [0, 0.1) is 5.82 Å². The number of ether oxygens (including phenoxy) is 1. The van der Waals surface area contributed by atoms with Gasteiger partial charge in [-0.1, -0.05) is 12.1 Å². The number of para-hydroxylation sites is 1.